The van der Waals surface area contributed by atoms with Crippen LogP contribution in [-0.2, 0) is 0 Å². The van der Waals surface area contributed by atoms with Crippen molar-refractivity contribution in [1.29, 1.82) is 0 Å². The molecule has 0 radical (unpaired) electrons. The highest BCUT2D eigenvalue weighted by Gasteiger charge is 2.14. The lowest BCUT2D eigenvalue weighted by atomic mass is 10.1. The fourth-order valence-electron chi connectivity index (χ4n) is 2.98. The highest BCUT2D eigenvalue weighted by atomic mass is 15.5. The van der Waals surface area contributed by atoms with Crippen molar-refractivity contribution in [2.24, 2.45) is 5.10 Å². The minimum absolute atomic E-state index is 0.889. The first-order valence-corrected chi connectivity index (χ1v) is 8.82. The van der Waals surface area contributed by atoms with Crippen molar-refractivity contribution in [2.75, 3.05) is 33.2 Å². The second-order valence-electron chi connectivity index (χ2n) is 6.46. The molecule has 1 fully saturated rings. The molecule has 0 unspecified atom stereocenters. The van der Waals surface area contributed by atoms with Gasteiger partial charge in [-0.1, -0.05) is 18.2 Å². The molecule has 0 amide bonds. The van der Waals surface area contributed by atoms with Gasteiger partial charge in [-0.25, -0.2) is 4.68 Å². The summed E-state index contributed by atoms with van der Waals surface area (Å²) in [6.45, 7) is 3.97. The number of piperazine rings is 1. The minimum Gasteiger partial charge on any atom is -0.303 e. The SMILES string of the molecule is CN1CCN(/N=C\c2cn(-c3ccccc3)nc2-c2cccnc2)CC1. The fourth-order valence-corrected chi connectivity index (χ4v) is 2.98. The average molecular weight is 346 g/mol. The van der Waals surface area contributed by atoms with Crippen LogP contribution in [0.5, 0.6) is 0 Å². The van der Waals surface area contributed by atoms with Crippen LogP contribution in [0.15, 0.2) is 66.2 Å². The van der Waals surface area contributed by atoms with E-state index in [1.807, 2.05) is 65.8 Å². The zero-order valence-electron chi connectivity index (χ0n) is 14.9. The van der Waals surface area contributed by atoms with Crippen LogP contribution in [-0.4, -0.2) is 64.1 Å². The lowest BCUT2D eigenvalue weighted by Crippen LogP contribution is -2.41. The topological polar surface area (TPSA) is 49.5 Å². The van der Waals surface area contributed by atoms with E-state index in [0.717, 1.165) is 48.7 Å². The van der Waals surface area contributed by atoms with E-state index in [1.165, 1.54) is 0 Å². The monoisotopic (exact) mass is 346 g/mol. The summed E-state index contributed by atoms with van der Waals surface area (Å²) >= 11 is 0. The van der Waals surface area contributed by atoms with E-state index in [0.29, 0.717) is 0 Å². The maximum Gasteiger partial charge on any atom is 0.103 e. The summed E-state index contributed by atoms with van der Waals surface area (Å²) in [7, 11) is 2.14. The van der Waals surface area contributed by atoms with Gasteiger partial charge in [0.05, 0.1) is 11.9 Å². The predicted molar refractivity (Wildman–Crippen MR) is 103 cm³/mol. The molecule has 1 aliphatic heterocycles. The van der Waals surface area contributed by atoms with Crippen LogP contribution < -0.4 is 0 Å². The van der Waals surface area contributed by atoms with Gasteiger partial charge in [0.25, 0.3) is 0 Å². The van der Waals surface area contributed by atoms with Crippen LogP contribution in [0, 0.1) is 0 Å². The Bertz CT molecular complexity index is 864. The quantitative estimate of drug-likeness (QED) is 0.681. The number of hydrogen-bond acceptors (Lipinski definition) is 5. The number of benzene rings is 1. The molecule has 1 saturated heterocycles. The van der Waals surface area contributed by atoms with Crippen LogP contribution in [0.25, 0.3) is 16.9 Å². The number of nitrogens with zero attached hydrogens (tertiary/aromatic N) is 6. The highest BCUT2D eigenvalue weighted by Crippen LogP contribution is 2.22. The predicted octanol–water partition coefficient (Wildman–Crippen LogP) is 2.52. The Kier molecular flexibility index (Phi) is 4.75. The van der Waals surface area contributed by atoms with Crippen LogP contribution in [0.1, 0.15) is 5.56 Å². The Morgan fingerprint density at radius 1 is 1.00 bits per heavy atom. The van der Waals surface area contributed by atoms with Crippen molar-refractivity contribution in [3.63, 3.8) is 0 Å². The van der Waals surface area contributed by atoms with E-state index in [1.54, 1.807) is 6.20 Å². The van der Waals surface area contributed by atoms with Crippen molar-refractivity contribution in [3.8, 4) is 16.9 Å². The molecule has 0 saturated carbocycles. The Morgan fingerprint density at radius 2 is 1.81 bits per heavy atom. The van der Waals surface area contributed by atoms with E-state index in [-0.39, 0.29) is 0 Å². The molecule has 6 nitrogen and oxygen atoms in total. The number of hydrazone groups is 1. The molecule has 3 heterocycles. The van der Waals surface area contributed by atoms with E-state index in [2.05, 4.69) is 27.0 Å². The van der Waals surface area contributed by atoms with Crippen molar-refractivity contribution < 1.29 is 0 Å². The van der Waals surface area contributed by atoms with E-state index >= 15 is 0 Å². The standard InChI is InChI=1S/C20H22N6/c1-24-10-12-25(13-11-24)22-15-18-16-26(19-7-3-2-4-8-19)23-20(18)17-6-5-9-21-14-17/h2-9,14-16H,10-13H2,1H3/b22-15-. The molecule has 0 bridgehead atoms. The molecular formula is C20H22N6. The van der Waals surface area contributed by atoms with Gasteiger partial charge in [-0.3, -0.25) is 9.99 Å². The first-order chi connectivity index (χ1) is 12.8. The summed E-state index contributed by atoms with van der Waals surface area (Å²) in [6.07, 6.45) is 7.55. The van der Waals surface area contributed by atoms with Crippen molar-refractivity contribution >= 4 is 6.21 Å². The molecule has 6 heteroatoms. The number of para-hydroxylation sites is 1. The van der Waals surface area contributed by atoms with Crippen LogP contribution in [0.3, 0.4) is 0 Å². The zero-order valence-corrected chi connectivity index (χ0v) is 14.9. The summed E-state index contributed by atoms with van der Waals surface area (Å²) in [5.41, 5.74) is 3.89. The highest BCUT2D eigenvalue weighted by molar-refractivity contribution is 5.88. The molecule has 26 heavy (non-hydrogen) atoms. The first-order valence-electron chi connectivity index (χ1n) is 8.82. The van der Waals surface area contributed by atoms with Gasteiger partial charge in [-0.15, -0.1) is 0 Å². The summed E-state index contributed by atoms with van der Waals surface area (Å²) in [5, 5.41) is 11.6. The van der Waals surface area contributed by atoms with Gasteiger partial charge in [-0.2, -0.15) is 10.2 Å². The largest absolute Gasteiger partial charge is 0.303 e. The Balaban J connectivity index is 1.67. The minimum atomic E-state index is 0.889. The number of hydrogen-bond donors (Lipinski definition) is 0. The molecule has 0 N–H and O–H groups in total. The second-order valence-corrected chi connectivity index (χ2v) is 6.46. The van der Waals surface area contributed by atoms with Crippen molar-refractivity contribution in [3.05, 3.63) is 66.6 Å². The van der Waals surface area contributed by atoms with Crippen molar-refractivity contribution in [2.45, 2.75) is 0 Å². The number of pyridine rings is 1. The maximum atomic E-state index is 4.79. The van der Waals surface area contributed by atoms with Crippen LogP contribution in [0.4, 0.5) is 0 Å². The number of rotatable bonds is 4. The zero-order chi connectivity index (χ0) is 17.8. The molecular weight excluding hydrogens is 324 g/mol. The van der Waals surface area contributed by atoms with Gasteiger partial charge in [0.15, 0.2) is 0 Å². The van der Waals surface area contributed by atoms with E-state index in [4.69, 9.17) is 5.10 Å². The fraction of sp³-hybridized carbons (Fsp3) is 0.250. The molecule has 132 valence electrons. The normalized spacial score (nSPS) is 15.7. The van der Waals surface area contributed by atoms with Crippen LogP contribution >= 0.6 is 0 Å². The van der Waals surface area contributed by atoms with E-state index in [9.17, 15) is 0 Å². The summed E-state index contributed by atoms with van der Waals surface area (Å²) in [5.74, 6) is 0. The van der Waals surface area contributed by atoms with Gasteiger partial charge in [0, 0.05) is 55.9 Å². The van der Waals surface area contributed by atoms with E-state index < -0.39 is 0 Å². The summed E-state index contributed by atoms with van der Waals surface area (Å²) in [4.78, 5) is 6.55. The molecule has 1 aromatic carbocycles. The molecule has 0 aliphatic carbocycles. The van der Waals surface area contributed by atoms with Gasteiger partial charge in [0.1, 0.15) is 5.69 Å². The Morgan fingerprint density at radius 3 is 2.54 bits per heavy atom. The molecule has 0 atom stereocenters. The Labute approximate surface area is 153 Å². The van der Waals surface area contributed by atoms with Crippen LogP contribution in [0.2, 0.25) is 0 Å². The maximum absolute atomic E-state index is 4.79. The molecule has 3 aromatic rings. The molecule has 1 aliphatic rings. The lowest BCUT2D eigenvalue weighted by molar-refractivity contribution is 0.159. The summed E-state index contributed by atoms with van der Waals surface area (Å²) in [6, 6.07) is 14.1. The number of likely N-dealkylation sites (N-methyl/N-ethyl adjacent to an activating group) is 1. The van der Waals surface area contributed by atoms with Crippen molar-refractivity contribution in [1.82, 2.24) is 24.7 Å². The molecule has 0 spiro atoms. The van der Waals surface area contributed by atoms with Gasteiger partial charge in [0.2, 0.25) is 0 Å². The number of aromatic nitrogens is 3. The van der Waals surface area contributed by atoms with Gasteiger partial charge in [-0.05, 0) is 31.3 Å². The lowest BCUT2D eigenvalue weighted by Gasteiger charge is -2.30. The molecule has 2 aromatic heterocycles. The third-order valence-electron chi connectivity index (χ3n) is 4.54. The smallest absolute Gasteiger partial charge is 0.103 e. The first kappa shape index (κ1) is 16.5. The van der Waals surface area contributed by atoms with Gasteiger partial charge >= 0.3 is 0 Å². The second kappa shape index (κ2) is 7.49. The third-order valence-corrected chi connectivity index (χ3v) is 4.54. The van der Waals surface area contributed by atoms with Gasteiger partial charge < -0.3 is 4.90 Å². The average Bonchev–Trinajstić information content (AvgIpc) is 3.13. The molecule has 4 rings (SSSR count). The third kappa shape index (κ3) is 3.65. The Hall–Kier alpha value is -2.99. The summed E-state index contributed by atoms with van der Waals surface area (Å²) < 4.78 is 1.90.